The Morgan fingerprint density at radius 2 is 1.97 bits per heavy atom. The molecule has 2 heterocycles. The summed E-state index contributed by atoms with van der Waals surface area (Å²) in [6.07, 6.45) is -1.29. The van der Waals surface area contributed by atoms with E-state index in [1.807, 2.05) is 18.2 Å². The summed E-state index contributed by atoms with van der Waals surface area (Å²) in [6.45, 7) is 0.0591. The van der Waals surface area contributed by atoms with Crippen LogP contribution in [0, 0.1) is 0 Å². The van der Waals surface area contributed by atoms with Crippen LogP contribution in [0.3, 0.4) is 0 Å². The number of nitrogens with zero attached hydrogens (tertiary/aromatic N) is 1. The summed E-state index contributed by atoms with van der Waals surface area (Å²) in [5.74, 6) is -0.699. The van der Waals surface area contributed by atoms with Gasteiger partial charge < -0.3 is 15.0 Å². The molecule has 1 amide bonds. The van der Waals surface area contributed by atoms with Crippen molar-refractivity contribution < 1.29 is 22.7 Å². The summed E-state index contributed by atoms with van der Waals surface area (Å²) in [5.41, 5.74) is 3.50. The molecule has 0 atom stereocenters. The van der Waals surface area contributed by atoms with Crippen LogP contribution in [0.1, 0.15) is 16.1 Å². The number of fused-ring (bicyclic) bond motifs is 1. The molecule has 0 bridgehead atoms. The first kappa shape index (κ1) is 18.6. The number of H-pyrrole nitrogens is 2. The summed E-state index contributed by atoms with van der Waals surface area (Å²) >= 11 is 0. The summed E-state index contributed by atoms with van der Waals surface area (Å²) in [7, 11) is 0. The lowest BCUT2D eigenvalue weighted by molar-refractivity contribution is -0.274. The van der Waals surface area contributed by atoms with Crippen molar-refractivity contribution >= 4 is 16.8 Å². The van der Waals surface area contributed by atoms with Crippen LogP contribution in [0.25, 0.3) is 22.0 Å². The number of benzene rings is 2. The van der Waals surface area contributed by atoms with Crippen LogP contribution in [0.2, 0.25) is 0 Å². The maximum absolute atomic E-state index is 12.4. The molecule has 2 aromatic carbocycles. The van der Waals surface area contributed by atoms with Crippen molar-refractivity contribution in [2.45, 2.75) is 12.9 Å². The molecule has 4 rings (SSSR count). The summed E-state index contributed by atoms with van der Waals surface area (Å²) in [5, 5.41) is 10.2. The van der Waals surface area contributed by atoms with Gasteiger partial charge in [-0.2, -0.15) is 5.10 Å². The fourth-order valence-corrected chi connectivity index (χ4v) is 2.97. The summed E-state index contributed by atoms with van der Waals surface area (Å²) in [4.78, 5) is 15.5. The molecule has 6 nitrogen and oxygen atoms in total. The van der Waals surface area contributed by atoms with Crippen molar-refractivity contribution in [3.8, 4) is 16.9 Å². The fraction of sp³-hybridized carbons (Fsp3) is 0.100. The van der Waals surface area contributed by atoms with Gasteiger partial charge in [0.15, 0.2) is 0 Å². The van der Waals surface area contributed by atoms with E-state index in [-0.39, 0.29) is 18.2 Å². The van der Waals surface area contributed by atoms with Crippen LogP contribution in [-0.4, -0.2) is 27.5 Å². The van der Waals surface area contributed by atoms with Crippen molar-refractivity contribution in [3.05, 3.63) is 72.2 Å². The molecule has 0 aliphatic carbocycles. The van der Waals surface area contributed by atoms with Crippen molar-refractivity contribution in [1.82, 2.24) is 20.5 Å². The topological polar surface area (TPSA) is 82.8 Å². The minimum Gasteiger partial charge on any atom is -0.406 e. The van der Waals surface area contributed by atoms with Crippen molar-refractivity contribution in [2.24, 2.45) is 0 Å². The zero-order valence-corrected chi connectivity index (χ0v) is 14.9. The predicted molar refractivity (Wildman–Crippen MR) is 100 cm³/mol. The maximum Gasteiger partial charge on any atom is 0.573 e. The monoisotopic (exact) mass is 400 g/mol. The Morgan fingerprint density at radius 3 is 2.72 bits per heavy atom. The number of rotatable bonds is 5. The summed E-state index contributed by atoms with van der Waals surface area (Å²) < 4.78 is 40.9. The average Bonchev–Trinajstić information content (AvgIpc) is 3.34. The largest absolute Gasteiger partial charge is 0.573 e. The molecule has 29 heavy (non-hydrogen) atoms. The highest BCUT2D eigenvalue weighted by atomic mass is 19.4. The van der Waals surface area contributed by atoms with Crippen LogP contribution in [0.15, 0.2) is 60.9 Å². The molecule has 148 valence electrons. The first-order valence-corrected chi connectivity index (χ1v) is 8.62. The molecule has 0 unspecified atom stereocenters. The van der Waals surface area contributed by atoms with Gasteiger partial charge in [0.25, 0.3) is 5.91 Å². The number of carbonyl (C=O) groups excluding carboxylic acids is 1. The first-order valence-electron chi connectivity index (χ1n) is 8.62. The van der Waals surface area contributed by atoms with Crippen molar-refractivity contribution in [3.63, 3.8) is 0 Å². The van der Waals surface area contributed by atoms with Crippen LogP contribution in [-0.2, 0) is 6.54 Å². The van der Waals surface area contributed by atoms with E-state index in [2.05, 4.69) is 25.2 Å². The van der Waals surface area contributed by atoms with Crippen molar-refractivity contribution in [2.75, 3.05) is 0 Å². The van der Waals surface area contributed by atoms with E-state index in [1.54, 1.807) is 24.5 Å². The fourth-order valence-electron chi connectivity index (χ4n) is 2.97. The van der Waals surface area contributed by atoms with E-state index in [0.717, 1.165) is 22.0 Å². The van der Waals surface area contributed by atoms with Gasteiger partial charge in [-0.3, -0.25) is 9.89 Å². The van der Waals surface area contributed by atoms with Gasteiger partial charge >= 0.3 is 6.36 Å². The molecular formula is C20H15F3N4O2. The molecule has 2 aromatic heterocycles. The molecule has 3 N–H and O–H groups in total. The molecular weight excluding hydrogens is 385 g/mol. The first-order chi connectivity index (χ1) is 13.9. The number of halogens is 3. The molecule has 0 saturated carbocycles. The Balaban J connectivity index is 1.46. The number of nitrogens with one attached hydrogen (secondary N) is 3. The van der Waals surface area contributed by atoms with Gasteiger partial charge in [0, 0.05) is 29.2 Å². The lowest BCUT2D eigenvalue weighted by atomic mass is 10.1. The average molecular weight is 400 g/mol. The molecule has 9 heteroatoms. The quantitative estimate of drug-likeness (QED) is 0.465. The van der Waals surface area contributed by atoms with E-state index in [1.165, 1.54) is 18.2 Å². The highest BCUT2D eigenvalue weighted by molar-refractivity contribution is 5.98. The van der Waals surface area contributed by atoms with Gasteiger partial charge in [-0.25, -0.2) is 0 Å². The number of hydrogen-bond donors (Lipinski definition) is 3. The second kappa shape index (κ2) is 7.34. The molecule has 0 spiro atoms. The predicted octanol–water partition coefficient (Wildman–Crippen LogP) is 4.39. The smallest absolute Gasteiger partial charge is 0.406 e. The Hall–Kier alpha value is -3.75. The van der Waals surface area contributed by atoms with E-state index >= 15 is 0 Å². The third-order valence-corrected chi connectivity index (χ3v) is 4.28. The van der Waals surface area contributed by atoms with Gasteiger partial charge in [-0.15, -0.1) is 13.2 Å². The van der Waals surface area contributed by atoms with Gasteiger partial charge in [-0.05, 0) is 35.4 Å². The van der Waals surface area contributed by atoms with E-state index in [9.17, 15) is 18.0 Å². The maximum atomic E-state index is 12.4. The van der Waals surface area contributed by atoms with Crippen LogP contribution in [0.4, 0.5) is 13.2 Å². The highest BCUT2D eigenvalue weighted by Crippen LogP contribution is 2.25. The van der Waals surface area contributed by atoms with E-state index in [4.69, 9.17) is 0 Å². The number of amides is 1. The minimum absolute atomic E-state index is 0.0591. The number of aromatic nitrogens is 3. The Kier molecular flexibility index (Phi) is 4.71. The minimum atomic E-state index is -4.76. The number of alkyl halides is 3. The van der Waals surface area contributed by atoms with Crippen LogP contribution >= 0.6 is 0 Å². The number of ether oxygens (including phenoxy) is 1. The number of carbonyl (C=O) groups is 1. The molecule has 0 aliphatic heterocycles. The van der Waals surface area contributed by atoms with Crippen LogP contribution in [0.5, 0.6) is 5.75 Å². The van der Waals surface area contributed by atoms with Gasteiger partial charge in [0.2, 0.25) is 0 Å². The Morgan fingerprint density at radius 1 is 1.10 bits per heavy atom. The third kappa shape index (κ3) is 4.40. The molecule has 0 radical (unpaired) electrons. The highest BCUT2D eigenvalue weighted by Gasteiger charge is 2.31. The lowest BCUT2D eigenvalue weighted by Crippen LogP contribution is -2.23. The molecule has 0 aliphatic rings. The van der Waals surface area contributed by atoms with Crippen LogP contribution < -0.4 is 10.1 Å². The standard InChI is InChI=1S/C20H15F3N4O2/c21-20(22,23)29-16-3-1-2-12(6-16)9-24-19(28)18-8-14-5-4-13(7-17(14)27-18)15-10-25-26-11-15/h1-8,10-11,27H,9H2,(H,24,28)(H,25,26). The second-order valence-electron chi connectivity index (χ2n) is 6.35. The molecule has 0 saturated heterocycles. The SMILES string of the molecule is O=C(NCc1cccc(OC(F)(F)F)c1)c1cc2ccc(-c3cn[nH]c3)cc2[nH]1. The normalized spacial score (nSPS) is 11.6. The van der Waals surface area contributed by atoms with E-state index < -0.39 is 6.36 Å². The number of hydrogen-bond acceptors (Lipinski definition) is 3. The zero-order valence-electron chi connectivity index (χ0n) is 14.9. The zero-order chi connectivity index (χ0) is 20.4. The van der Waals surface area contributed by atoms with E-state index in [0.29, 0.717) is 11.3 Å². The third-order valence-electron chi connectivity index (χ3n) is 4.28. The van der Waals surface area contributed by atoms with Gasteiger partial charge in [0.1, 0.15) is 11.4 Å². The summed E-state index contributed by atoms with van der Waals surface area (Å²) in [6, 6.07) is 12.9. The second-order valence-corrected chi connectivity index (χ2v) is 6.35. The molecule has 0 fully saturated rings. The Labute approximate surface area is 162 Å². The molecule has 4 aromatic rings. The van der Waals surface area contributed by atoms with Gasteiger partial charge in [0.05, 0.1) is 6.20 Å². The Bertz CT molecular complexity index is 1150. The lowest BCUT2D eigenvalue weighted by Gasteiger charge is -2.10. The number of aromatic amines is 2. The van der Waals surface area contributed by atoms with Crippen molar-refractivity contribution in [1.29, 1.82) is 0 Å². The van der Waals surface area contributed by atoms with Gasteiger partial charge in [-0.1, -0.05) is 24.3 Å².